The summed E-state index contributed by atoms with van der Waals surface area (Å²) in [6.45, 7) is 1.03. The van der Waals surface area contributed by atoms with Crippen molar-refractivity contribution in [1.82, 2.24) is 15.5 Å². The molecule has 1 atom stereocenters. The van der Waals surface area contributed by atoms with Gasteiger partial charge in [0.1, 0.15) is 17.8 Å². The van der Waals surface area contributed by atoms with E-state index in [1.165, 1.54) is 0 Å². The summed E-state index contributed by atoms with van der Waals surface area (Å²) in [5.74, 6) is -0.862. The lowest BCUT2D eigenvalue weighted by Gasteiger charge is -2.20. The van der Waals surface area contributed by atoms with E-state index in [1.807, 2.05) is 24.3 Å². The Morgan fingerprint density at radius 2 is 2.00 bits per heavy atom. The van der Waals surface area contributed by atoms with Gasteiger partial charge < -0.3 is 20.1 Å². The maximum Gasteiger partial charge on any atom is 0.326 e. The number of rotatable bonds is 9. The molecule has 2 fully saturated rings. The van der Waals surface area contributed by atoms with Gasteiger partial charge >= 0.3 is 12.0 Å². The summed E-state index contributed by atoms with van der Waals surface area (Å²) in [5, 5.41) is 5.31. The lowest BCUT2D eigenvalue weighted by atomic mass is 9.96. The van der Waals surface area contributed by atoms with Crippen molar-refractivity contribution in [2.45, 2.75) is 31.7 Å². The molecule has 4 amide bonds. The molecule has 1 saturated heterocycles. The maximum absolute atomic E-state index is 12.5. The van der Waals surface area contributed by atoms with E-state index in [9.17, 15) is 19.2 Å². The monoisotopic (exact) mass is 403 g/mol. The Morgan fingerprint density at radius 1 is 1.28 bits per heavy atom. The molecule has 1 aromatic rings. The number of carbonyl (C=O) groups excluding carboxylic acids is 4. The van der Waals surface area contributed by atoms with E-state index in [1.54, 1.807) is 14.0 Å². The molecule has 9 nitrogen and oxygen atoms in total. The number of benzene rings is 1. The van der Waals surface area contributed by atoms with E-state index >= 15 is 0 Å². The van der Waals surface area contributed by atoms with Gasteiger partial charge in [0, 0.05) is 6.54 Å². The standard InChI is InChI=1S/C20H25N3O6/c1-20(14-7-8-14)18(26)23(19(27)22-20)11-17(25)29-12-16(24)21-10-9-13-5-3-4-6-15(13)28-2/h3-6,14H,7-12H2,1-2H3,(H,21,24)(H,22,27)/t20-/m1/s1. The van der Waals surface area contributed by atoms with E-state index in [4.69, 9.17) is 9.47 Å². The van der Waals surface area contributed by atoms with Gasteiger partial charge in [0.2, 0.25) is 0 Å². The summed E-state index contributed by atoms with van der Waals surface area (Å²) < 4.78 is 10.2. The summed E-state index contributed by atoms with van der Waals surface area (Å²) in [4.78, 5) is 49.2. The first-order valence-electron chi connectivity index (χ1n) is 9.53. The van der Waals surface area contributed by atoms with Crippen LogP contribution in [0.1, 0.15) is 25.3 Å². The molecule has 0 aromatic heterocycles. The minimum atomic E-state index is -0.951. The number of imide groups is 1. The van der Waals surface area contributed by atoms with Crippen LogP contribution in [-0.2, 0) is 25.5 Å². The van der Waals surface area contributed by atoms with Crippen LogP contribution in [0.15, 0.2) is 24.3 Å². The highest BCUT2D eigenvalue weighted by atomic mass is 16.5. The number of hydrogen-bond donors (Lipinski definition) is 2. The van der Waals surface area contributed by atoms with Crippen molar-refractivity contribution < 1.29 is 28.7 Å². The van der Waals surface area contributed by atoms with Crippen LogP contribution in [0.2, 0.25) is 0 Å². The van der Waals surface area contributed by atoms with Gasteiger partial charge in [-0.3, -0.25) is 19.3 Å². The van der Waals surface area contributed by atoms with Crippen molar-refractivity contribution in [3.63, 3.8) is 0 Å². The maximum atomic E-state index is 12.5. The van der Waals surface area contributed by atoms with Crippen LogP contribution in [0.25, 0.3) is 0 Å². The number of esters is 1. The average molecular weight is 403 g/mol. The molecule has 0 radical (unpaired) electrons. The summed E-state index contributed by atoms with van der Waals surface area (Å²) in [5.41, 5.74) is -0.00249. The highest BCUT2D eigenvalue weighted by molar-refractivity contribution is 6.08. The van der Waals surface area contributed by atoms with E-state index in [0.717, 1.165) is 29.1 Å². The molecular weight excluding hydrogens is 378 g/mol. The minimum Gasteiger partial charge on any atom is -0.496 e. The Balaban J connectivity index is 1.39. The fraction of sp³-hybridized carbons (Fsp3) is 0.500. The van der Waals surface area contributed by atoms with E-state index in [-0.39, 0.29) is 5.92 Å². The van der Waals surface area contributed by atoms with E-state index < -0.39 is 42.5 Å². The van der Waals surface area contributed by atoms with Crippen LogP contribution in [0, 0.1) is 5.92 Å². The zero-order valence-electron chi connectivity index (χ0n) is 16.5. The molecular formula is C20H25N3O6. The van der Waals surface area contributed by atoms with Gasteiger partial charge in [-0.15, -0.1) is 0 Å². The van der Waals surface area contributed by atoms with Crippen molar-refractivity contribution in [1.29, 1.82) is 0 Å². The van der Waals surface area contributed by atoms with Crippen molar-refractivity contribution in [2.75, 3.05) is 26.8 Å². The van der Waals surface area contributed by atoms with Crippen molar-refractivity contribution in [3.8, 4) is 5.75 Å². The number of methoxy groups -OCH3 is 1. The van der Waals surface area contributed by atoms with Gasteiger partial charge in [0.25, 0.3) is 11.8 Å². The summed E-state index contributed by atoms with van der Waals surface area (Å²) in [6.07, 6.45) is 2.30. The number of ether oxygens (including phenoxy) is 2. The SMILES string of the molecule is COc1ccccc1CCNC(=O)COC(=O)CN1C(=O)N[C@](C)(C2CC2)C1=O. The molecule has 3 rings (SSSR count). The summed E-state index contributed by atoms with van der Waals surface area (Å²) >= 11 is 0. The number of nitrogens with zero attached hydrogens (tertiary/aromatic N) is 1. The van der Waals surface area contributed by atoms with Gasteiger partial charge in [-0.1, -0.05) is 18.2 Å². The van der Waals surface area contributed by atoms with Gasteiger partial charge in [-0.05, 0) is 43.7 Å². The second kappa shape index (κ2) is 8.50. The molecule has 1 aromatic carbocycles. The third-order valence-corrected chi connectivity index (χ3v) is 5.26. The molecule has 0 spiro atoms. The normalized spacial score (nSPS) is 21.0. The fourth-order valence-electron chi connectivity index (χ4n) is 3.41. The van der Waals surface area contributed by atoms with E-state index in [0.29, 0.717) is 13.0 Å². The molecule has 9 heteroatoms. The number of amides is 4. The molecule has 1 aliphatic heterocycles. The van der Waals surface area contributed by atoms with Crippen LogP contribution in [0.3, 0.4) is 0 Å². The first-order valence-corrected chi connectivity index (χ1v) is 9.53. The molecule has 0 bridgehead atoms. The Hall–Kier alpha value is -3.10. The van der Waals surface area contributed by atoms with Crippen molar-refractivity contribution in [2.24, 2.45) is 5.92 Å². The first-order chi connectivity index (χ1) is 13.8. The fourth-order valence-corrected chi connectivity index (χ4v) is 3.41. The molecule has 2 aliphatic rings. The Bertz CT molecular complexity index is 822. The zero-order valence-corrected chi connectivity index (χ0v) is 16.5. The predicted octanol–water partition coefficient (Wildman–Crippen LogP) is 0.618. The van der Waals surface area contributed by atoms with Gasteiger partial charge in [-0.2, -0.15) is 0 Å². The molecule has 2 N–H and O–H groups in total. The van der Waals surface area contributed by atoms with Crippen LogP contribution >= 0.6 is 0 Å². The second-order valence-corrected chi connectivity index (χ2v) is 7.37. The third kappa shape index (κ3) is 4.67. The van der Waals surface area contributed by atoms with Crippen LogP contribution in [0.4, 0.5) is 4.79 Å². The Morgan fingerprint density at radius 3 is 2.69 bits per heavy atom. The zero-order chi connectivity index (χ0) is 21.0. The highest BCUT2D eigenvalue weighted by Gasteiger charge is 2.56. The molecule has 0 unspecified atom stereocenters. The smallest absolute Gasteiger partial charge is 0.326 e. The lowest BCUT2D eigenvalue weighted by Crippen LogP contribution is -2.46. The molecule has 1 aliphatic carbocycles. The molecule has 156 valence electrons. The minimum absolute atomic E-state index is 0.106. The van der Waals surface area contributed by atoms with Crippen molar-refractivity contribution in [3.05, 3.63) is 29.8 Å². The van der Waals surface area contributed by atoms with Gasteiger partial charge in [0.15, 0.2) is 6.61 Å². The van der Waals surface area contributed by atoms with Crippen LogP contribution in [0.5, 0.6) is 5.75 Å². The number of nitrogens with one attached hydrogen (secondary N) is 2. The van der Waals surface area contributed by atoms with Crippen LogP contribution < -0.4 is 15.4 Å². The summed E-state index contributed by atoms with van der Waals surface area (Å²) in [6, 6.07) is 6.87. The molecule has 29 heavy (non-hydrogen) atoms. The largest absolute Gasteiger partial charge is 0.496 e. The number of urea groups is 1. The Kier molecular flexibility index (Phi) is 6.05. The number of hydrogen-bond acceptors (Lipinski definition) is 6. The Labute approximate surface area is 168 Å². The van der Waals surface area contributed by atoms with Gasteiger partial charge in [0.05, 0.1) is 7.11 Å². The van der Waals surface area contributed by atoms with E-state index in [2.05, 4.69) is 10.6 Å². The summed E-state index contributed by atoms with van der Waals surface area (Å²) in [7, 11) is 1.58. The second-order valence-electron chi connectivity index (χ2n) is 7.37. The highest BCUT2D eigenvalue weighted by Crippen LogP contribution is 2.42. The predicted molar refractivity (Wildman–Crippen MR) is 102 cm³/mol. The molecule has 1 saturated carbocycles. The van der Waals surface area contributed by atoms with Gasteiger partial charge in [-0.25, -0.2) is 4.79 Å². The van der Waals surface area contributed by atoms with Crippen molar-refractivity contribution >= 4 is 23.8 Å². The van der Waals surface area contributed by atoms with Crippen LogP contribution in [-0.4, -0.2) is 61.1 Å². The third-order valence-electron chi connectivity index (χ3n) is 5.26. The first kappa shape index (κ1) is 20.6. The number of para-hydroxylation sites is 1. The average Bonchev–Trinajstić information content (AvgIpc) is 3.53. The quantitative estimate of drug-likeness (QED) is 0.461. The molecule has 1 heterocycles. The lowest BCUT2D eigenvalue weighted by molar-refractivity contribution is -0.151. The topological polar surface area (TPSA) is 114 Å². The number of carbonyl (C=O) groups is 4.